The molecule has 0 unspecified atom stereocenters. The third kappa shape index (κ3) is 3.72. The maximum Gasteiger partial charge on any atom is 0.327 e. The Labute approximate surface area is 141 Å². The minimum absolute atomic E-state index is 0.134. The van der Waals surface area contributed by atoms with E-state index in [1.165, 1.54) is 17.1 Å². The third-order valence-corrected chi connectivity index (χ3v) is 3.49. The summed E-state index contributed by atoms with van der Waals surface area (Å²) in [4.78, 5) is 34.2. The van der Waals surface area contributed by atoms with Crippen molar-refractivity contribution in [3.63, 3.8) is 0 Å². The van der Waals surface area contributed by atoms with Crippen LogP contribution in [-0.2, 0) is 11.3 Å². The summed E-state index contributed by atoms with van der Waals surface area (Å²) in [5.74, 6) is 0.222. The summed E-state index contributed by atoms with van der Waals surface area (Å²) in [5.41, 5.74) is 0.757. The fraction of sp³-hybridized carbons (Fsp3) is 0.200. The molecular weight excluding hydrogens is 334 g/mol. The van der Waals surface area contributed by atoms with Crippen molar-refractivity contribution in [3.8, 4) is 5.75 Å². The Hall–Kier alpha value is -2.87. The van der Waals surface area contributed by atoms with Gasteiger partial charge in [0.25, 0.3) is 5.91 Å². The topological polar surface area (TPSA) is 102 Å². The molecule has 0 saturated carbocycles. The highest BCUT2D eigenvalue weighted by Gasteiger charge is 2.08. The van der Waals surface area contributed by atoms with Crippen LogP contribution in [0.4, 0.5) is 0 Å². The van der Waals surface area contributed by atoms with Crippen LogP contribution in [0.1, 0.15) is 0 Å². The number of hydrogen-bond acceptors (Lipinski definition) is 5. The zero-order valence-electron chi connectivity index (χ0n) is 12.5. The minimum Gasteiger partial charge on any atom is -0.484 e. The summed E-state index contributed by atoms with van der Waals surface area (Å²) < 4.78 is 6.78. The monoisotopic (exact) mass is 347 g/mol. The first-order chi connectivity index (χ1) is 11.6. The van der Waals surface area contributed by atoms with E-state index in [1.807, 2.05) is 0 Å². The number of H-pyrrole nitrogens is 1. The number of benzene rings is 1. The van der Waals surface area contributed by atoms with Crippen LogP contribution >= 0.6 is 11.6 Å². The molecule has 0 aliphatic rings. The number of halogens is 1. The predicted molar refractivity (Wildman–Crippen MR) is 88.1 cm³/mol. The Kier molecular flexibility index (Phi) is 4.76. The number of amides is 1. The maximum atomic E-state index is 11.8. The molecule has 9 heteroatoms. The van der Waals surface area contributed by atoms with Gasteiger partial charge in [-0.3, -0.25) is 9.36 Å². The molecule has 0 aliphatic carbocycles. The van der Waals surface area contributed by atoms with Crippen molar-refractivity contribution in [1.29, 1.82) is 0 Å². The van der Waals surface area contributed by atoms with E-state index in [2.05, 4.69) is 20.3 Å². The molecule has 3 rings (SSSR count). The molecule has 0 radical (unpaired) electrons. The number of aromatic amines is 1. The van der Waals surface area contributed by atoms with E-state index in [1.54, 1.807) is 24.3 Å². The molecule has 2 heterocycles. The van der Waals surface area contributed by atoms with Crippen molar-refractivity contribution in [2.75, 3.05) is 13.2 Å². The molecule has 0 spiro atoms. The summed E-state index contributed by atoms with van der Waals surface area (Å²) in [6.45, 7) is 0.429. The number of nitrogens with zero attached hydrogens (tertiary/aromatic N) is 3. The van der Waals surface area contributed by atoms with Crippen LogP contribution in [0, 0.1) is 0 Å². The van der Waals surface area contributed by atoms with Gasteiger partial charge in [0.2, 0.25) is 0 Å². The molecule has 1 amide bonds. The van der Waals surface area contributed by atoms with Gasteiger partial charge in [0.15, 0.2) is 12.3 Å². The number of carbonyl (C=O) groups is 1. The third-order valence-electron chi connectivity index (χ3n) is 3.26. The smallest absolute Gasteiger partial charge is 0.327 e. The first kappa shape index (κ1) is 16.0. The van der Waals surface area contributed by atoms with E-state index >= 15 is 0 Å². The fourth-order valence-corrected chi connectivity index (χ4v) is 2.36. The van der Waals surface area contributed by atoms with Gasteiger partial charge in [0.1, 0.15) is 17.6 Å². The molecule has 8 nitrogen and oxygen atoms in total. The number of hydrogen-bond donors (Lipinski definition) is 2. The number of nitrogens with one attached hydrogen (secondary N) is 2. The lowest BCUT2D eigenvalue weighted by molar-refractivity contribution is -0.123. The summed E-state index contributed by atoms with van der Waals surface area (Å²) in [7, 11) is 0. The summed E-state index contributed by atoms with van der Waals surface area (Å²) >= 11 is 5.84. The molecule has 2 N–H and O–H groups in total. The van der Waals surface area contributed by atoms with Crippen molar-refractivity contribution >= 4 is 28.7 Å². The van der Waals surface area contributed by atoms with Gasteiger partial charge in [-0.15, -0.1) is 0 Å². The summed E-state index contributed by atoms with van der Waals surface area (Å²) in [5, 5.41) is 3.22. The zero-order valence-corrected chi connectivity index (χ0v) is 13.3. The quantitative estimate of drug-likeness (QED) is 0.691. The van der Waals surface area contributed by atoms with Crippen LogP contribution < -0.4 is 15.7 Å². The number of fused-ring (bicyclic) bond motifs is 1. The van der Waals surface area contributed by atoms with Crippen LogP contribution in [0.3, 0.4) is 0 Å². The SMILES string of the molecule is O=C(COc1cccc(Cl)c1)NCCn1c(=O)[nH]c2cncnc21. The van der Waals surface area contributed by atoms with Crippen LogP contribution in [-0.4, -0.2) is 38.6 Å². The molecule has 0 saturated heterocycles. The van der Waals surface area contributed by atoms with E-state index in [0.29, 0.717) is 28.5 Å². The van der Waals surface area contributed by atoms with Gasteiger partial charge >= 0.3 is 5.69 Å². The summed E-state index contributed by atoms with van der Waals surface area (Å²) in [6, 6.07) is 6.79. The highest BCUT2D eigenvalue weighted by atomic mass is 35.5. The Morgan fingerprint density at radius 1 is 1.42 bits per heavy atom. The van der Waals surface area contributed by atoms with Crippen molar-refractivity contribution in [1.82, 2.24) is 24.8 Å². The number of aromatic nitrogens is 4. The lowest BCUT2D eigenvalue weighted by Gasteiger charge is -2.08. The molecule has 24 heavy (non-hydrogen) atoms. The number of imidazole rings is 1. The second kappa shape index (κ2) is 7.14. The number of rotatable bonds is 6. The Bertz CT molecular complexity index is 921. The highest BCUT2D eigenvalue weighted by molar-refractivity contribution is 6.30. The van der Waals surface area contributed by atoms with Gasteiger partial charge in [-0.25, -0.2) is 14.8 Å². The van der Waals surface area contributed by atoms with E-state index < -0.39 is 0 Å². The Morgan fingerprint density at radius 3 is 3.12 bits per heavy atom. The van der Waals surface area contributed by atoms with Gasteiger partial charge in [0.05, 0.1) is 6.20 Å². The van der Waals surface area contributed by atoms with Crippen LogP contribution in [0.2, 0.25) is 5.02 Å². The molecule has 0 bridgehead atoms. The van der Waals surface area contributed by atoms with Gasteiger partial charge in [-0.1, -0.05) is 17.7 Å². The molecule has 0 atom stereocenters. The second-order valence-corrected chi connectivity index (χ2v) is 5.37. The van der Waals surface area contributed by atoms with Crippen molar-refractivity contribution < 1.29 is 9.53 Å². The van der Waals surface area contributed by atoms with E-state index in [9.17, 15) is 9.59 Å². The zero-order chi connectivity index (χ0) is 16.9. The average Bonchev–Trinajstić information content (AvgIpc) is 2.89. The largest absolute Gasteiger partial charge is 0.484 e. The van der Waals surface area contributed by atoms with Crippen LogP contribution in [0.5, 0.6) is 5.75 Å². The lowest BCUT2D eigenvalue weighted by Crippen LogP contribution is -2.33. The average molecular weight is 348 g/mol. The van der Waals surface area contributed by atoms with E-state index in [0.717, 1.165) is 0 Å². The number of ether oxygens (including phenoxy) is 1. The molecular formula is C15H14ClN5O3. The van der Waals surface area contributed by atoms with Crippen LogP contribution in [0.15, 0.2) is 41.6 Å². The van der Waals surface area contributed by atoms with Gasteiger partial charge in [-0.05, 0) is 18.2 Å². The minimum atomic E-state index is -0.296. The van der Waals surface area contributed by atoms with Crippen molar-refractivity contribution in [3.05, 3.63) is 52.3 Å². The van der Waals surface area contributed by atoms with E-state index in [-0.39, 0.29) is 24.7 Å². The predicted octanol–water partition coefficient (Wildman–Crippen LogP) is 0.968. The van der Waals surface area contributed by atoms with E-state index in [4.69, 9.17) is 16.3 Å². The molecule has 1 aromatic carbocycles. The first-order valence-electron chi connectivity index (χ1n) is 7.17. The number of carbonyl (C=O) groups excluding carboxylic acids is 1. The maximum absolute atomic E-state index is 11.8. The summed E-state index contributed by atoms with van der Waals surface area (Å²) in [6.07, 6.45) is 2.89. The van der Waals surface area contributed by atoms with Crippen LogP contribution in [0.25, 0.3) is 11.2 Å². The molecule has 124 valence electrons. The molecule has 0 aliphatic heterocycles. The standard InChI is InChI=1S/C15H14ClN5O3/c16-10-2-1-3-11(6-10)24-8-13(22)18-4-5-21-14-12(20-15(21)23)7-17-9-19-14/h1-3,6-7,9H,4-5,8H2,(H,18,22)(H,20,23). The Morgan fingerprint density at radius 2 is 2.29 bits per heavy atom. The molecule has 3 aromatic rings. The van der Waals surface area contributed by atoms with Gasteiger partial charge < -0.3 is 15.0 Å². The van der Waals surface area contributed by atoms with Gasteiger partial charge in [-0.2, -0.15) is 0 Å². The highest BCUT2D eigenvalue weighted by Crippen LogP contribution is 2.16. The lowest BCUT2D eigenvalue weighted by atomic mass is 10.3. The Balaban J connectivity index is 1.51. The van der Waals surface area contributed by atoms with Gasteiger partial charge in [0, 0.05) is 18.1 Å². The van der Waals surface area contributed by atoms with Crippen molar-refractivity contribution in [2.24, 2.45) is 0 Å². The first-order valence-corrected chi connectivity index (χ1v) is 7.55. The normalized spacial score (nSPS) is 10.7. The van der Waals surface area contributed by atoms with Crippen molar-refractivity contribution in [2.45, 2.75) is 6.54 Å². The molecule has 2 aromatic heterocycles. The second-order valence-electron chi connectivity index (χ2n) is 4.94. The molecule has 0 fully saturated rings. The fourth-order valence-electron chi connectivity index (χ4n) is 2.18.